The van der Waals surface area contributed by atoms with Crippen LogP contribution >= 0.6 is 0 Å². The molecule has 1 unspecified atom stereocenters. The number of ether oxygens (including phenoxy) is 3. The van der Waals surface area contributed by atoms with Gasteiger partial charge in [0.15, 0.2) is 6.10 Å². The van der Waals surface area contributed by atoms with Gasteiger partial charge in [-0.2, -0.15) is 0 Å². The number of hydrazine groups is 1. The number of benzene rings is 1. The molecule has 3 N–H and O–H groups in total. The van der Waals surface area contributed by atoms with E-state index in [4.69, 9.17) is 14.2 Å². The Hall–Kier alpha value is -2.89. The fourth-order valence-corrected chi connectivity index (χ4v) is 3.36. The molecule has 0 spiro atoms. The first kappa shape index (κ1) is 27.4. The molecule has 3 amide bonds. The Balaban J connectivity index is 2.22. The molecule has 2 rings (SSSR count). The summed E-state index contributed by atoms with van der Waals surface area (Å²) < 4.78 is 15.7. The highest BCUT2D eigenvalue weighted by atomic mass is 16.6. The van der Waals surface area contributed by atoms with Crippen molar-refractivity contribution in [2.45, 2.75) is 52.0 Å². The van der Waals surface area contributed by atoms with Crippen molar-refractivity contribution in [3.05, 3.63) is 35.9 Å². The van der Waals surface area contributed by atoms with Crippen molar-refractivity contribution >= 4 is 18.1 Å². The van der Waals surface area contributed by atoms with Crippen LogP contribution in [0.15, 0.2) is 30.3 Å². The highest BCUT2D eigenvalue weighted by molar-refractivity contribution is 5.83. The molecule has 1 saturated heterocycles. The Morgan fingerprint density at radius 3 is 2.26 bits per heavy atom. The van der Waals surface area contributed by atoms with Gasteiger partial charge in [0.05, 0.1) is 25.4 Å². The van der Waals surface area contributed by atoms with Gasteiger partial charge in [-0.3, -0.25) is 9.69 Å². The summed E-state index contributed by atoms with van der Waals surface area (Å²) in [5.74, 6) is -0.691. The summed E-state index contributed by atoms with van der Waals surface area (Å²) in [7, 11) is 0. The maximum Gasteiger partial charge on any atom is 0.429 e. The fraction of sp³-hybridized carbons (Fsp3) is 0.609. The molecule has 0 bridgehead atoms. The number of aliphatic hydroxyl groups excluding tert-OH is 1. The van der Waals surface area contributed by atoms with Gasteiger partial charge in [-0.15, -0.1) is 0 Å². The second-order valence-electron chi connectivity index (χ2n) is 8.41. The van der Waals surface area contributed by atoms with E-state index >= 15 is 0 Å². The highest BCUT2D eigenvalue weighted by Crippen LogP contribution is 2.25. The zero-order chi connectivity index (χ0) is 25.1. The Morgan fingerprint density at radius 2 is 1.68 bits per heavy atom. The molecule has 1 fully saturated rings. The van der Waals surface area contributed by atoms with Gasteiger partial charge in [-0.1, -0.05) is 30.3 Å². The molecular formula is C23H36N4O7. The van der Waals surface area contributed by atoms with Gasteiger partial charge >= 0.3 is 12.2 Å². The Labute approximate surface area is 200 Å². The summed E-state index contributed by atoms with van der Waals surface area (Å²) in [5.41, 5.74) is 2.75. The third-order valence-corrected chi connectivity index (χ3v) is 4.91. The Kier molecular flexibility index (Phi) is 11.0. The number of amides is 3. The van der Waals surface area contributed by atoms with E-state index in [1.807, 2.05) is 0 Å². The molecule has 1 aliphatic rings. The van der Waals surface area contributed by atoms with Crippen molar-refractivity contribution in [3.63, 3.8) is 0 Å². The fourth-order valence-electron chi connectivity index (χ4n) is 3.36. The number of carbonyl (C=O) groups is 3. The molecule has 11 nitrogen and oxygen atoms in total. The van der Waals surface area contributed by atoms with Gasteiger partial charge in [-0.25, -0.2) is 20.0 Å². The molecule has 11 heteroatoms. The van der Waals surface area contributed by atoms with Crippen LogP contribution in [0.1, 0.15) is 39.3 Å². The Bertz CT molecular complexity index is 785. The van der Waals surface area contributed by atoms with Gasteiger partial charge in [0, 0.05) is 26.2 Å². The second-order valence-corrected chi connectivity index (χ2v) is 8.41. The molecule has 1 aliphatic heterocycles. The van der Waals surface area contributed by atoms with Crippen molar-refractivity contribution in [3.8, 4) is 0 Å². The maximum absolute atomic E-state index is 12.9. The lowest BCUT2D eigenvalue weighted by atomic mass is 10.00. The molecule has 1 heterocycles. The van der Waals surface area contributed by atoms with Gasteiger partial charge in [0.25, 0.3) is 5.91 Å². The van der Waals surface area contributed by atoms with Crippen LogP contribution < -0.4 is 10.7 Å². The van der Waals surface area contributed by atoms with Crippen LogP contribution in [0, 0.1) is 0 Å². The standard InChI is InChI=1S/C23H36N4O7/c1-16(2)33-22(30)25-27(23(31)34-17(3)4)19(18-8-6-5-7-9-18)20(28)21(29)24-10-11-26-12-14-32-15-13-26/h5-9,16-17,19-20,28H,10-15H2,1-4H3,(H,24,29)(H,25,30)/t19-,20?/m1/s1. The van der Waals surface area contributed by atoms with E-state index in [9.17, 15) is 19.5 Å². The minimum Gasteiger partial charge on any atom is -0.446 e. The number of hydrogen-bond donors (Lipinski definition) is 3. The summed E-state index contributed by atoms with van der Waals surface area (Å²) in [6, 6.07) is 7.16. The first-order chi connectivity index (χ1) is 16.2. The summed E-state index contributed by atoms with van der Waals surface area (Å²) in [4.78, 5) is 40.3. The van der Waals surface area contributed by atoms with Gasteiger partial charge in [0.1, 0.15) is 6.04 Å². The average molecular weight is 481 g/mol. The van der Waals surface area contributed by atoms with Crippen LogP contribution in [-0.2, 0) is 19.0 Å². The zero-order valence-corrected chi connectivity index (χ0v) is 20.2. The number of nitrogens with zero attached hydrogens (tertiary/aromatic N) is 2. The van der Waals surface area contributed by atoms with Gasteiger partial charge in [0.2, 0.25) is 0 Å². The van der Waals surface area contributed by atoms with Crippen molar-refractivity contribution in [2.75, 3.05) is 39.4 Å². The highest BCUT2D eigenvalue weighted by Gasteiger charge is 2.38. The monoisotopic (exact) mass is 480 g/mol. The van der Waals surface area contributed by atoms with Gasteiger partial charge < -0.3 is 24.6 Å². The molecular weight excluding hydrogens is 444 g/mol. The lowest BCUT2D eigenvalue weighted by molar-refractivity contribution is -0.133. The zero-order valence-electron chi connectivity index (χ0n) is 20.2. The van der Waals surface area contributed by atoms with E-state index < -0.39 is 42.4 Å². The minimum atomic E-state index is -1.70. The number of aliphatic hydroxyl groups is 1. The van der Waals surface area contributed by atoms with Crippen LogP contribution in [0.2, 0.25) is 0 Å². The lowest BCUT2D eigenvalue weighted by Gasteiger charge is -2.34. The van der Waals surface area contributed by atoms with E-state index in [2.05, 4.69) is 15.6 Å². The number of carbonyl (C=O) groups excluding carboxylic acids is 3. The predicted molar refractivity (Wildman–Crippen MR) is 124 cm³/mol. The lowest BCUT2D eigenvalue weighted by Crippen LogP contribution is -2.55. The van der Waals surface area contributed by atoms with Crippen molar-refractivity contribution in [1.29, 1.82) is 0 Å². The second kappa shape index (κ2) is 13.7. The SMILES string of the molecule is CC(C)OC(=O)NN(C(=O)OC(C)C)[C@H](c1ccccc1)C(O)C(=O)NCCN1CCOCC1. The molecule has 0 aliphatic carbocycles. The van der Waals surface area contributed by atoms with Crippen LogP contribution in [-0.4, -0.2) is 90.8 Å². The van der Waals surface area contributed by atoms with E-state index in [-0.39, 0.29) is 0 Å². The normalized spacial score (nSPS) is 16.0. The minimum absolute atomic E-state index is 0.302. The number of nitrogens with one attached hydrogen (secondary N) is 2. The molecule has 0 saturated carbocycles. The first-order valence-electron chi connectivity index (χ1n) is 11.5. The number of rotatable bonds is 9. The maximum atomic E-state index is 12.9. The third kappa shape index (κ3) is 8.81. The Morgan fingerprint density at radius 1 is 1.06 bits per heavy atom. The third-order valence-electron chi connectivity index (χ3n) is 4.91. The summed E-state index contributed by atoms with van der Waals surface area (Å²) in [6.07, 6.45) is -4.52. The summed E-state index contributed by atoms with van der Waals surface area (Å²) in [5, 5.41) is 14.5. The summed E-state index contributed by atoms with van der Waals surface area (Å²) >= 11 is 0. The summed E-state index contributed by atoms with van der Waals surface area (Å²) in [6.45, 7) is 10.3. The van der Waals surface area contributed by atoms with Crippen LogP contribution in [0.3, 0.4) is 0 Å². The average Bonchev–Trinajstić information content (AvgIpc) is 2.79. The van der Waals surface area contributed by atoms with Crippen LogP contribution in [0.25, 0.3) is 0 Å². The topological polar surface area (TPSA) is 130 Å². The predicted octanol–water partition coefficient (Wildman–Crippen LogP) is 1.43. The number of morpholine rings is 1. The number of hydrogen-bond acceptors (Lipinski definition) is 8. The quantitative estimate of drug-likeness (QED) is 0.453. The van der Waals surface area contributed by atoms with E-state index in [0.717, 1.165) is 18.1 Å². The van der Waals surface area contributed by atoms with Crippen molar-refractivity contribution in [1.82, 2.24) is 20.7 Å². The van der Waals surface area contributed by atoms with Gasteiger partial charge in [-0.05, 0) is 33.3 Å². The van der Waals surface area contributed by atoms with Crippen LogP contribution in [0.5, 0.6) is 0 Å². The molecule has 34 heavy (non-hydrogen) atoms. The van der Waals surface area contributed by atoms with Crippen molar-refractivity contribution in [2.24, 2.45) is 0 Å². The molecule has 1 aromatic carbocycles. The molecule has 0 aromatic heterocycles. The smallest absolute Gasteiger partial charge is 0.429 e. The van der Waals surface area contributed by atoms with E-state index in [0.29, 0.717) is 31.9 Å². The van der Waals surface area contributed by atoms with E-state index in [1.54, 1.807) is 58.0 Å². The van der Waals surface area contributed by atoms with Crippen LogP contribution in [0.4, 0.5) is 9.59 Å². The largest absolute Gasteiger partial charge is 0.446 e. The molecule has 190 valence electrons. The molecule has 1 aromatic rings. The molecule has 0 radical (unpaired) electrons. The molecule has 2 atom stereocenters. The van der Waals surface area contributed by atoms with Crippen molar-refractivity contribution < 1.29 is 33.7 Å². The first-order valence-corrected chi connectivity index (χ1v) is 11.5. The van der Waals surface area contributed by atoms with E-state index in [1.165, 1.54) is 0 Å².